The van der Waals surface area contributed by atoms with Crippen LogP contribution in [-0.4, -0.2) is 10.9 Å². The number of aliphatic hydroxyl groups excluding tert-OH is 1. The molecule has 2 heteroatoms. The van der Waals surface area contributed by atoms with Gasteiger partial charge in [-0.2, -0.15) is 0 Å². The number of rotatable bonds is 3. The highest BCUT2D eigenvalue weighted by atomic mass is 16.3. The van der Waals surface area contributed by atoms with Crippen LogP contribution in [-0.2, 0) is 0 Å². The maximum absolute atomic E-state index is 11.9. The summed E-state index contributed by atoms with van der Waals surface area (Å²) >= 11 is 0. The first-order valence-corrected chi connectivity index (χ1v) is 5.02. The molecular formula is C14H12O2. The average Bonchev–Trinajstić information content (AvgIpc) is 2.39. The van der Waals surface area contributed by atoms with Crippen molar-refractivity contribution in [1.82, 2.24) is 0 Å². The summed E-state index contributed by atoms with van der Waals surface area (Å²) < 4.78 is 7.34. The third-order valence-corrected chi connectivity index (χ3v) is 2.37. The molecule has 80 valence electrons. The predicted octanol–water partition coefficient (Wildman–Crippen LogP) is 2.60. The van der Waals surface area contributed by atoms with Gasteiger partial charge in [-0.15, -0.1) is 0 Å². The smallest absolute Gasteiger partial charge is 0.195 e. The Balaban J connectivity index is 2.23. The molecule has 0 radical (unpaired) electrons. The van der Waals surface area contributed by atoms with Gasteiger partial charge < -0.3 is 5.11 Å². The Kier molecular flexibility index (Phi) is 2.75. The van der Waals surface area contributed by atoms with Gasteiger partial charge in [0.25, 0.3) is 0 Å². The monoisotopic (exact) mass is 213 g/mol. The van der Waals surface area contributed by atoms with Gasteiger partial charge in [0, 0.05) is 5.56 Å². The minimum Gasteiger partial charge on any atom is -0.380 e. The first-order valence-electron chi connectivity index (χ1n) is 5.52. The van der Waals surface area contributed by atoms with Crippen molar-refractivity contribution >= 4 is 5.78 Å². The van der Waals surface area contributed by atoms with Crippen LogP contribution in [0, 0.1) is 0 Å². The molecule has 0 spiro atoms. The number of ketones is 1. The van der Waals surface area contributed by atoms with Crippen LogP contribution in [0.25, 0.3) is 0 Å². The van der Waals surface area contributed by atoms with Crippen molar-refractivity contribution < 1.29 is 11.3 Å². The summed E-state index contributed by atoms with van der Waals surface area (Å²) in [5.41, 5.74) is 0.991. The topological polar surface area (TPSA) is 37.3 Å². The molecule has 0 aromatic heterocycles. The van der Waals surface area contributed by atoms with Crippen molar-refractivity contribution in [2.24, 2.45) is 0 Å². The fourth-order valence-corrected chi connectivity index (χ4v) is 1.49. The molecule has 0 fully saturated rings. The molecule has 0 aliphatic rings. The highest BCUT2D eigenvalue weighted by Gasteiger charge is 2.18. The molecule has 0 aliphatic carbocycles. The van der Waals surface area contributed by atoms with Crippen molar-refractivity contribution in [3.05, 3.63) is 71.8 Å². The van der Waals surface area contributed by atoms with Crippen LogP contribution in [0.15, 0.2) is 60.6 Å². The Morgan fingerprint density at radius 2 is 1.69 bits per heavy atom. The van der Waals surface area contributed by atoms with Gasteiger partial charge in [-0.05, 0) is 5.56 Å². The first-order chi connectivity index (χ1) is 8.18. The second-order valence-electron chi connectivity index (χ2n) is 3.47. The number of carbonyl (C=O) groups excluding carboxylic acids is 1. The lowest BCUT2D eigenvalue weighted by Crippen LogP contribution is -2.11. The lowest BCUT2D eigenvalue weighted by atomic mass is 10.0. The van der Waals surface area contributed by atoms with E-state index >= 15 is 0 Å². The summed E-state index contributed by atoms with van der Waals surface area (Å²) in [4.78, 5) is 11.9. The average molecular weight is 213 g/mol. The van der Waals surface area contributed by atoms with Crippen LogP contribution in [0.1, 0.15) is 23.4 Å². The van der Waals surface area contributed by atoms with Crippen LogP contribution in [0.4, 0.5) is 0 Å². The fraction of sp³-hybridized carbons (Fsp3) is 0.0714. The molecular weight excluding hydrogens is 200 g/mol. The van der Waals surface area contributed by atoms with Gasteiger partial charge in [0.05, 0.1) is 1.37 Å². The van der Waals surface area contributed by atoms with Gasteiger partial charge in [-0.1, -0.05) is 60.6 Å². The maximum atomic E-state index is 11.9. The molecule has 16 heavy (non-hydrogen) atoms. The van der Waals surface area contributed by atoms with E-state index in [4.69, 9.17) is 1.37 Å². The SMILES string of the molecule is [2H]c1ccc(C(O)C(=O)c2ccccc2)cc1. The Morgan fingerprint density at radius 3 is 2.31 bits per heavy atom. The molecule has 1 atom stereocenters. The predicted molar refractivity (Wildman–Crippen MR) is 62.2 cm³/mol. The number of carbonyl (C=O) groups is 1. The molecule has 2 aromatic carbocycles. The van der Waals surface area contributed by atoms with E-state index in [-0.39, 0.29) is 5.78 Å². The van der Waals surface area contributed by atoms with E-state index in [0.29, 0.717) is 17.2 Å². The molecule has 0 bridgehead atoms. The van der Waals surface area contributed by atoms with E-state index in [9.17, 15) is 9.90 Å². The van der Waals surface area contributed by atoms with Crippen LogP contribution in [0.3, 0.4) is 0 Å². The Morgan fingerprint density at radius 1 is 1.06 bits per heavy atom. The van der Waals surface area contributed by atoms with Gasteiger partial charge in [0.15, 0.2) is 5.78 Å². The minimum atomic E-state index is -1.17. The van der Waals surface area contributed by atoms with E-state index in [1.54, 1.807) is 48.5 Å². The maximum Gasteiger partial charge on any atom is 0.195 e. The van der Waals surface area contributed by atoms with Crippen molar-refractivity contribution in [3.63, 3.8) is 0 Å². The van der Waals surface area contributed by atoms with Crippen LogP contribution in [0.2, 0.25) is 0 Å². The van der Waals surface area contributed by atoms with Gasteiger partial charge in [0.2, 0.25) is 0 Å². The van der Waals surface area contributed by atoms with Gasteiger partial charge in [-0.3, -0.25) is 4.79 Å². The van der Waals surface area contributed by atoms with Crippen molar-refractivity contribution in [2.45, 2.75) is 6.10 Å². The van der Waals surface area contributed by atoms with Crippen LogP contribution >= 0.6 is 0 Å². The summed E-state index contributed by atoms with van der Waals surface area (Å²) in [5, 5.41) is 9.92. The highest BCUT2D eigenvalue weighted by molar-refractivity contribution is 5.99. The van der Waals surface area contributed by atoms with E-state index in [1.807, 2.05) is 6.07 Å². The minimum absolute atomic E-state index is 0.330. The van der Waals surface area contributed by atoms with Gasteiger partial charge >= 0.3 is 0 Å². The summed E-state index contributed by atoms with van der Waals surface area (Å²) in [5.74, 6) is -0.330. The molecule has 0 amide bonds. The molecule has 1 N–H and O–H groups in total. The van der Waals surface area contributed by atoms with Crippen molar-refractivity contribution in [2.75, 3.05) is 0 Å². The van der Waals surface area contributed by atoms with Crippen molar-refractivity contribution in [1.29, 1.82) is 0 Å². The lowest BCUT2D eigenvalue weighted by Gasteiger charge is -2.09. The molecule has 1 unspecified atom stereocenters. The molecule has 0 saturated carbocycles. The second kappa shape index (κ2) is 4.73. The lowest BCUT2D eigenvalue weighted by molar-refractivity contribution is 0.0747. The normalized spacial score (nSPS) is 12.9. The number of Topliss-reactive ketones (excluding diaryl/α,β-unsaturated/α-hetero) is 1. The van der Waals surface area contributed by atoms with Crippen LogP contribution < -0.4 is 0 Å². The molecule has 0 heterocycles. The number of hydrogen-bond acceptors (Lipinski definition) is 2. The van der Waals surface area contributed by atoms with E-state index in [1.165, 1.54) is 0 Å². The fourth-order valence-electron chi connectivity index (χ4n) is 1.49. The highest BCUT2D eigenvalue weighted by Crippen LogP contribution is 2.17. The quantitative estimate of drug-likeness (QED) is 0.796. The third-order valence-electron chi connectivity index (χ3n) is 2.37. The second-order valence-corrected chi connectivity index (χ2v) is 3.47. The first kappa shape index (κ1) is 9.31. The molecule has 0 aliphatic heterocycles. The molecule has 2 aromatic rings. The number of aliphatic hydroxyl groups is 1. The van der Waals surface area contributed by atoms with E-state index in [0.717, 1.165) is 0 Å². The number of benzene rings is 2. The Labute approximate surface area is 95.6 Å². The zero-order valence-electron chi connectivity index (χ0n) is 9.63. The summed E-state index contributed by atoms with van der Waals surface area (Å²) in [6.45, 7) is 0. The zero-order chi connectivity index (χ0) is 12.3. The zero-order valence-corrected chi connectivity index (χ0v) is 8.63. The largest absolute Gasteiger partial charge is 0.380 e. The number of hydrogen-bond donors (Lipinski definition) is 1. The summed E-state index contributed by atoms with van der Waals surface area (Å²) in [6, 6.07) is 15.3. The summed E-state index contributed by atoms with van der Waals surface area (Å²) in [6.07, 6.45) is -1.17. The van der Waals surface area contributed by atoms with E-state index < -0.39 is 6.10 Å². The van der Waals surface area contributed by atoms with Gasteiger partial charge in [0.1, 0.15) is 6.10 Å². The van der Waals surface area contributed by atoms with Gasteiger partial charge in [-0.25, -0.2) is 0 Å². The van der Waals surface area contributed by atoms with Crippen LogP contribution in [0.5, 0.6) is 0 Å². The standard InChI is InChI=1S/C14H12O2/c15-13(11-7-3-1-4-8-11)14(16)12-9-5-2-6-10-12/h1-10,13,15H/i1D. The third kappa shape index (κ3) is 2.18. The molecule has 0 saturated heterocycles. The van der Waals surface area contributed by atoms with E-state index in [2.05, 4.69) is 0 Å². The van der Waals surface area contributed by atoms with Crippen molar-refractivity contribution in [3.8, 4) is 0 Å². The molecule has 2 nitrogen and oxygen atoms in total. The molecule has 2 rings (SSSR count). The Hall–Kier alpha value is -1.93. The summed E-state index contributed by atoms with van der Waals surface area (Å²) in [7, 11) is 0. The Bertz CT molecular complexity index is 506.